The Kier molecular flexibility index (Phi) is 2.34. The summed E-state index contributed by atoms with van der Waals surface area (Å²) in [7, 11) is 1.97. The molecule has 1 aliphatic rings. The average Bonchev–Trinajstić information content (AvgIpc) is 2.56. The van der Waals surface area contributed by atoms with Crippen LogP contribution in [0.2, 0.25) is 0 Å². The number of hydrogen-bond donors (Lipinski definition) is 1. The first kappa shape index (κ1) is 9.78. The molecule has 0 saturated heterocycles. The molecule has 0 aromatic heterocycles. The minimum atomic E-state index is 0.484. The fourth-order valence-electron chi connectivity index (χ4n) is 1.80. The Morgan fingerprint density at radius 1 is 1.67 bits per heavy atom. The molecule has 0 amide bonds. The first-order valence-corrected chi connectivity index (χ1v) is 4.79. The van der Waals surface area contributed by atoms with Crippen LogP contribution in [0.5, 0.6) is 0 Å². The summed E-state index contributed by atoms with van der Waals surface area (Å²) in [6.45, 7) is 6.78. The molecule has 2 N–H and O–H groups in total. The lowest BCUT2D eigenvalue weighted by Gasteiger charge is -2.26. The quantitative estimate of drug-likeness (QED) is 0.664. The van der Waals surface area contributed by atoms with Gasteiger partial charge in [0.25, 0.3) is 0 Å². The predicted molar refractivity (Wildman–Crippen MR) is 55.9 cm³/mol. The Morgan fingerprint density at radius 3 is 2.33 bits per heavy atom. The highest BCUT2D eigenvalue weighted by molar-refractivity contribution is 7.80. The number of thiocarbonyl (C=S) groups is 1. The first-order valence-electron chi connectivity index (χ1n) is 4.38. The van der Waals surface area contributed by atoms with E-state index in [0.717, 1.165) is 5.92 Å². The van der Waals surface area contributed by atoms with Crippen LogP contribution in [0.3, 0.4) is 0 Å². The Hall–Kier alpha value is -0.310. The fourth-order valence-corrected chi connectivity index (χ4v) is 1.97. The minimum Gasteiger partial charge on any atom is -0.376 e. The van der Waals surface area contributed by atoms with E-state index in [1.165, 1.54) is 6.42 Å². The maximum atomic E-state index is 5.55. The van der Waals surface area contributed by atoms with Crippen LogP contribution < -0.4 is 5.73 Å². The van der Waals surface area contributed by atoms with Crippen molar-refractivity contribution in [1.29, 1.82) is 0 Å². The van der Waals surface area contributed by atoms with Gasteiger partial charge in [0.1, 0.15) is 0 Å². The lowest BCUT2D eigenvalue weighted by molar-refractivity contribution is 0.321. The molecule has 0 aromatic rings. The van der Waals surface area contributed by atoms with Gasteiger partial charge in [-0.25, -0.2) is 0 Å². The van der Waals surface area contributed by atoms with Crippen LogP contribution >= 0.6 is 12.2 Å². The van der Waals surface area contributed by atoms with Crippen molar-refractivity contribution in [2.24, 2.45) is 17.1 Å². The molecule has 12 heavy (non-hydrogen) atoms. The van der Waals surface area contributed by atoms with E-state index in [1.807, 2.05) is 11.9 Å². The van der Waals surface area contributed by atoms with Crippen molar-refractivity contribution < 1.29 is 0 Å². The van der Waals surface area contributed by atoms with Crippen LogP contribution in [0.4, 0.5) is 0 Å². The second-order valence-corrected chi connectivity index (χ2v) is 4.91. The third-order valence-corrected chi connectivity index (χ3v) is 3.42. The van der Waals surface area contributed by atoms with Crippen molar-refractivity contribution in [1.82, 2.24) is 4.90 Å². The summed E-state index contributed by atoms with van der Waals surface area (Å²) in [6, 6.07) is 0.484. The van der Waals surface area contributed by atoms with Gasteiger partial charge in [-0.3, -0.25) is 0 Å². The lowest BCUT2D eigenvalue weighted by atomic mass is 10.0. The zero-order chi connectivity index (χ0) is 9.52. The van der Waals surface area contributed by atoms with E-state index in [4.69, 9.17) is 18.0 Å². The molecule has 1 saturated carbocycles. The van der Waals surface area contributed by atoms with E-state index >= 15 is 0 Å². The van der Waals surface area contributed by atoms with Gasteiger partial charge in [-0.2, -0.15) is 0 Å². The Labute approximate surface area is 80.1 Å². The van der Waals surface area contributed by atoms with E-state index < -0.39 is 0 Å². The molecule has 1 aliphatic carbocycles. The molecule has 0 spiro atoms. The third kappa shape index (κ3) is 1.71. The fraction of sp³-hybridized carbons (Fsp3) is 0.889. The van der Waals surface area contributed by atoms with Crippen LogP contribution in [0, 0.1) is 11.3 Å². The monoisotopic (exact) mass is 186 g/mol. The molecule has 0 bridgehead atoms. The van der Waals surface area contributed by atoms with Crippen molar-refractivity contribution in [2.45, 2.75) is 33.2 Å². The SMILES string of the molecule is CC(C1CC1(C)C)N(C)C(N)=S. The summed E-state index contributed by atoms with van der Waals surface area (Å²) in [5.74, 6) is 0.754. The number of hydrogen-bond acceptors (Lipinski definition) is 1. The van der Waals surface area contributed by atoms with Crippen molar-refractivity contribution in [3.05, 3.63) is 0 Å². The van der Waals surface area contributed by atoms with E-state index in [9.17, 15) is 0 Å². The van der Waals surface area contributed by atoms with Gasteiger partial charge in [0.15, 0.2) is 5.11 Å². The Morgan fingerprint density at radius 2 is 2.08 bits per heavy atom. The summed E-state index contributed by atoms with van der Waals surface area (Å²) in [4.78, 5) is 1.99. The number of nitrogens with zero attached hydrogens (tertiary/aromatic N) is 1. The molecule has 1 fully saturated rings. The van der Waals surface area contributed by atoms with Crippen LogP contribution in [0.15, 0.2) is 0 Å². The van der Waals surface area contributed by atoms with Gasteiger partial charge in [-0.1, -0.05) is 13.8 Å². The highest BCUT2D eigenvalue weighted by atomic mass is 32.1. The summed E-state index contributed by atoms with van der Waals surface area (Å²) in [5.41, 5.74) is 6.05. The van der Waals surface area contributed by atoms with E-state index in [-0.39, 0.29) is 0 Å². The third-order valence-electron chi connectivity index (χ3n) is 3.13. The van der Waals surface area contributed by atoms with Crippen molar-refractivity contribution in [2.75, 3.05) is 7.05 Å². The molecule has 1 rings (SSSR count). The van der Waals surface area contributed by atoms with Crippen molar-refractivity contribution in [3.8, 4) is 0 Å². The zero-order valence-electron chi connectivity index (χ0n) is 8.29. The molecular formula is C9H18N2S. The first-order chi connectivity index (χ1) is 5.36. The van der Waals surface area contributed by atoms with Gasteiger partial charge >= 0.3 is 0 Å². The standard InChI is InChI=1S/C9H18N2S/c1-6(11(4)8(10)12)7-5-9(7,2)3/h6-7H,5H2,1-4H3,(H2,10,12). The average molecular weight is 186 g/mol. The summed E-state index contributed by atoms with van der Waals surface area (Å²) < 4.78 is 0. The second kappa shape index (κ2) is 2.87. The van der Waals surface area contributed by atoms with Crippen molar-refractivity contribution >= 4 is 17.3 Å². The maximum Gasteiger partial charge on any atom is 0.166 e. The van der Waals surface area contributed by atoms with Gasteiger partial charge in [0.05, 0.1) is 0 Å². The minimum absolute atomic E-state index is 0.484. The Bertz CT molecular complexity index is 201. The molecule has 0 aromatic carbocycles. The lowest BCUT2D eigenvalue weighted by Crippen LogP contribution is -2.40. The van der Waals surface area contributed by atoms with E-state index in [2.05, 4.69) is 20.8 Å². The Balaban J connectivity index is 2.50. The van der Waals surface area contributed by atoms with Gasteiger partial charge in [-0.05, 0) is 36.9 Å². The van der Waals surface area contributed by atoms with Crippen LogP contribution in [0.25, 0.3) is 0 Å². The van der Waals surface area contributed by atoms with Gasteiger partial charge in [0.2, 0.25) is 0 Å². The summed E-state index contributed by atoms with van der Waals surface area (Å²) in [5, 5.41) is 0.505. The van der Waals surface area contributed by atoms with Crippen molar-refractivity contribution in [3.63, 3.8) is 0 Å². The van der Waals surface area contributed by atoms with Crippen LogP contribution in [-0.4, -0.2) is 23.1 Å². The predicted octanol–water partition coefficient (Wildman–Crippen LogP) is 1.60. The molecule has 0 heterocycles. The molecule has 70 valence electrons. The summed E-state index contributed by atoms with van der Waals surface area (Å²) in [6.07, 6.45) is 1.29. The van der Waals surface area contributed by atoms with Gasteiger partial charge in [-0.15, -0.1) is 0 Å². The van der Waals surface area contributed by atoms with Gasteiger partial charge in [0, 0.05) is 13.1 Å². The topological polar surface area (TPSA) is 29.3 Å². The van der Waals surface area contributed by atoms with Gasteiger partial charge < -0.3 is 10.6 Å². The zero-order valence-corrected chi connectivity index (χ0v) is 9.11. The molecule has 0 aliphatic heterocycles. The number of rotatable bonds is 2. The van der Waals surface area contributed by atoms with E-state index in [1.54, 1.807) is 0 Å². The van der Waals surface area contributed by atoms with Crippen LogP contribution in [0.1, 0.15) is 27.2 Å². The molecular weight excluding hydrogens is 168 g/mol. The normalized spacial score (nSPS) is 27.8. The maximum absolute atomic E-state index is 5.55. The largest absolute Gasteiger partial charge is 0.376 e. The van der Waals surface area contributed by atoms with E-state index in [0.29, 0.717) is 16.6 Å². The molecule has 2 unspecified atom stereocenters. The molecule has 3 heteroatoms. The second-order valence-electron chi connectivity index (χ2n) is 4.49. The van der Waals surface area contributed by atoms with Crippen LogP contribution in [-0.2, 0) is 0 Å². The molecule has 2 nitrogen and oxygen atoms in total. The summed E-state index contributed by atoms with van der Waals surface area (Å²) >= 11 is 4.92. The molecule has 2 atom stereocenters. The number of nitrogens with two attached hydrogens (primary N) is 1. The smallest absolute Gasteiger partial charge is 0.166 e. The molecule has 0 radical (unpaired) electrons. The highest BCUT2D eigenvalue weighted by Crippen LogP contribution is 2.54. The highest BCUT2D eigenvalue weighted by Gasteiger charge is 2.49.